The van der Waals surface area contributed by atoms with E-state index >= 15 is 0 Å². The van der Waals surface area contributed by atoms with Crippen molar-refractivity contribution in [1.29, 1.82) is 0 Å². The molecule has 1 aromatic heterocycles. The molecule has 3 aliphatic rings. The maximum atomic E-state index is 6.43. The van der Waals surface area contributed by atoms with Gasteiger partial charge in [-0.15, -0.1) is 0 Å². The van der Waals surface area contributed by atoms with E-state index in [1.54, 1.807) is 7.11 Å². The molecular weight excluding hydrogens is 619 g/mol. The van der Waals surface area contributed by atoms with Crippen molar-refractivity contribution in [3.05, 3.63) is 14.1 Å². The summed E-state index contributed by atoms with van der Waals surface area (Å²) in [6.07, 6.45) is 10.2. The van der Waals surface area contributed by atoms with Crippen molar-refractivity contribution in [3.8, 4) is 11.8 Å². The lowest BCUT2D eigenvalue weighted by Crippen LogP contribution is -2.42. The number of hydrogen-bond donors (Lipinski definition) is 0. The van der Waals surface area contributed by atoms with E-state index in [-0.39, 0.29) is 6.10 Å². The molecule has 0 radical (unpaired) electrons. The SMILES string of the molecule is CCN1CCC(Oc2nc(N3CCC4(CCCC(C)C4)CC3)c3cc(I)c(Br)c(OC)c3n2)CC1. The fourth-order valence-corrected chi connectivity index (χ4v) is 7.55. The molecule has 2 saturated heterocycles. The Bertz CT molecular complexity index is 1050. The number of ether oxygens (including phenoxy) is 2. The summed E-state index contributed by atoms with van der Waals surface area (Å²) >= 11 is 6.08. The first-order valence-corrected chi connectivity index (χ1v) is 15.2. The molecule has 0 N–H and O–H groups in total. The number of rotatable bonds is 5. The Hall–Kier alpha value is -0.870. The zero-order valence-corrected chi connectivity index (χ0v) is 25.0. The number of benzene rings is 1. The van der Waals surface area contributed by atoms with Crippen molar-refractivity contribution in [2.75, 3.05) is 44.7 Å². The monoisotopic (exact) mass is 656 g/mol. The maximum absolute atomic E-state index is 6.43. The van der Waals surface area contributed by atoms with Crippen molar-refractivity contribution in [2.45, 2.75) is 71.3 Å². The van der Waals surface area contributed by atoms with E-state index in [0.717, 1.165) is 82.0 Å². The lowest BCUT2D eigenvalue weighted by Gasteiger charge is -2.46. The van der Waals surface area contributed by atoms with Gasteiger partial charge in [-0.1, -0.05) is 26.7 Å². The van der Waals surface area contributed by atoms with Crippen LogP contribution < -0.4 is 14.4 Å². The van der Waals surface area contributed by atoms with Gasteiger partial charge in [-0.2, -0.15) is 9.97 Å². The molecule has 1 aromatic carbocycles. The van der Waals surface area contributed by atoms with Crippen LogP contribution in [0.4, 0.5) is 5.82 Å². The third kappa shape index (κ3) is 5.40. The Balaban J connectivity index is 1.46. The number of anilines is 1. The molecule has 0 amide bonds. The van der Waals surface area contributed by atoms with Crippen LogP contribution in [0.5, 0.6) is 11.8 Å². The highest BCUT2D eigenvalue weighted by molar-refractivity contribution is 14.1. The minimum atomic E-state index is 0.162. The Kier molecular flexibility index (Phi) is 7.99. The molecule has 1 atom stereocenters. The number of piperidine rings is 2. The summed E-state index contributed by atoms with van der Waals surface area (Å²) in [4.78, 5) is 14.9. The molecule has 2 aliphatic heterocycles. The maximum Gasteiger partial charge on any atom is 0.319 e. The van der Waals surface area contributed by atoms with E-state index in [4.69, 9.17) is 19.4 Å². The number of hydrogen-bond acceptors (Lipinski definition) is 6. The molecule has 1 saturated carbocycles. The molecule has 3 fully saturated rings. The second kappa shape index (κ2) is 10.9. The van der Waals surface area contributed by atoms with Crippen LogP contribution >= 0.6 is 38.5 Å². The van der Waals surface area contributed by atoms with Gasteiger partial charge in [0.05, 0.1) is 11.6 Å². The van der Waals surface area contributed by atoms with E-state index in [0.29, 0.717) is 11.4 Å². The van der Waals surface area contributed by atoms with Gasteiger partial charge in [0.2, 0.25) is 0 Å². The van der Waals surface area contributed by atoms with Gasteiger partial charge in [0.25, 0.3) is 0 Å². The van der Waals surface area contributed by atoms with Gasteiger partial charge in [-0.05, 0) is 101 Å². The largest absolute Gasteiger partial charge is 0.493 e. The predicted octanol–water partition coefficient (Wildman–Crippen LogP) is 6.67. The van der Waals surface area contributed by atoms with Crippen LogP contribution in [0.3, 0.4) is 0 Å². The summed E-state index contributed by atoms with van der Waals surface area (Å²) in [5.41, 5.74) is 1.36. The number of fused-ring (bicyclic) bond motifs is 1. The Morgan fingerprint density at radius 1 is 1.11 bits per heavy atom. The lowest BCUT2D eigenvalue weighted by molar-refractivity contribution is 0.0956. The van der Waals surface area contributed by atoms with Crippen molar-refractivity contribution in [3.63, 3.8) is 0 Å². The fraction of sp³-hybridized carbons (Fsp3) is 0.704. The van der Waals surface area contributed by atoms with Crippen molar-refractivity contribution in [1.82, 2.24) is 14.9 Å². The number of methoxy groups -OCH3 is 1. The molecular formula is C27H38BrIN4O2. The zero-order valence-electron chi connectivity index (χ0n) is 21.3. The van der Waals surface area contributed by atoms with Crippen molar-refractivity contribution < 1.29 is 9.47 Å². The first-order valence-electron chi connectivity index (χ1n) is 13.3. The average Bonchev–Trinajstić information content (AvgIpc) is 2.86. The molecule has 35 heavy (non-hydrogen) atoms. The summed E-state index contributed by atoms with van der Waals surface area (Å²) in [5, 5.41) is 1.05. The smallest absolute Gasteiger partial charge is 0.319 e. The lowest BCUT2D eigenvalue weighted by atomic mass is 9.65. The fourth-order valence-electron chi connectivity index (χ4n) is 6.53. The van der Waals surface area contributed by atoms with Gasteiger partial charge < -0.3 is 19.3 Å². The standard InChI is InChI=1S/C27H38BrIN4O2/c1-4-32-12-7-19(8-13-32)35-26-30-23-20(16-21(29)22(28)24(23)34-3)25(31-26)33-14-10-27(11-15-33)9-5-6-18(2)17-27/h16,18-19H,4-15,17H2,1-3H3. The highest BCUT2D eigenvalue weighted by atomic mass is 127. The molecule has 1 spiro atoms. The Morgan fingerprint density at radius 2 is 1.86 bits per heavy atom. The van der Waals surface area contributed by atoms with Crippen LogP contribution in [0.25, 0.3) is 10.9 Å². The second-order valence-corrected chi connectivity index (χ2v) is 12.8. The van der Waals surface area contributed by atoms with Gasteiger partial charge in [-0.3, -0.25) is 0 Å². The number of likely N-dealkylation sites (tertiary alicyclic amines) is 1. The summed E-state index contributed by atoms with van der Waals surface area (Å²) in [7, 11) is 1.72. The van der Waals surface area contributed by atoms with Crippen LogP contribution in [-0.2, 0) is 0 Å². The molecule has 6 nitrogen and oxygen atoms in total. The normalized spacial score (nSPS) is 23.7. The van der Waals surface area contributed by atoms with Gasteiger partial charge >= 0.3 is 6.01 Å². The average molecular weight is 657 g/mol. The number of halogens is 2. The van der Waals surface area contributed by atoms with E-state index in [9.17, 15) is 0 Å². The van der Waals surface area contributed by atoms with E-state index in [2.05, 4.69) is 68.2 Å². The summed E-state index contributed by atoms with van der Waals surface area (Å²) in [6, 6.07) is 2.68. The summed E-state index contributed by atoms with van der Waals surface area (Å²) in [6.45, 7) is 9.99. The third-order valence-electron chi connectivity index (χ3n) is 8.57. The summed E-state index contributed by atoms with van der Waals surface area (Å²) < 4.78 is 14.3. The van der Waals surface area contributed by atoms with Gasteiger partial charge in [0, 0.05) is 35.1 Å². The van der Waals surface area contributed by atoms with Crippen molar-refractivity contribution in [2.24, 2.45) is 11.3 Å². The quantitative estimate of drug-likeness (QED) is 0.336. The van der Waals surface area contributed by atoms with Crippen LogP contribution in [0.15, 0.2) is 10.5 Å². The van der Waals surface area contributed by atoms with Crippen LogP contribution in [-0.4, -0.2) is 60.8 Å². The first kappa shape index (κ1) is 25.8. The predicted molar refractivity (Wildman–Crippen MR) is 154 cm³/mol. The topological polar surface area (TPSA) is 50.7 Å². The molecule has 1 unspecified atom stereocenters. The van der Waals surface area contributed by atoms with Crippen LogP contribution in [0, 0.1) is 14.9 Å². The Labute approximate surface area is 231 Å². The molecule has 8 heteroatoms. The van der Waals surface area contributed by atoms with Crippen molar-refractivity contribution >= 4 is 55.2 Å². The van der Waals surface area contributed by atoms with E-state index < -0.39 is 0 Å². The number of aromatic nitrogens is 2. The number of nitrogens with zero attached hydrogens (tertiary/aromatic N) is 4. The first-order chi connectivity index (χ1) is 16.9. The van der Waals surface area contributed by atoms with Crippen LogP contribution in [0.2, 0.25) is 0 Å². The van der Waals surface area contributed by atoms with Gasteiger partial charge in [0.15, 0.2) is 5.75 Å². The highest BCUT2D eigenvalue weighted by Crippen LogP contribution is 2.48. The molecule has 192 valence electrons. The molecule has 2 aromatic rings. The van der Waals surface area contributed by atoms with Crippen LogP contribution in [0.1, 0.15) is 65.2 Å². The minimum absolute atomic E-state index is 0.162. The van der Waals surface area contributed by atoms with E-state index in [1.165, 1.54) is 38.5 Å². The third-order valence-corrected chi connectivity index (χ3v) is 10.9. The second-order valence-electron chi connectivity index (χ2n) is 10.9. The molecule has 1 aliphatic carbocycles. The highest BCUT2D eigenvalue weighted by Gasteiger charge is 2.38. The van der Waals surface area contributed by atoms with Gasteiger partial charge in [-0.25, -0.2) is 0 Å². The molecule has 5 rings (SSSR count). The zero-order chi connectivity index (χ0) is 24.6. The Morgan fingerprint density at radius 3 is 2.51 bits per heavy atom. The summed E-state index contributed by atoms with van der Waals surface area (Å²) in [5.74, 6) is 2.62. The molecule has 0 bridgehead atoms. The van der Waals surface area contributed by atoms with E-state index in [1.807, 2.05) is 0 Å². The minimum Gasteiger partial charge on any atom is -0.493 e. The van der Waals surface area contributed by atoms with Gasteiger partial charge in [0.1, 0.15) is 17.4 Å². The molecule has 3 heterocycles.